The summed E-state index contributed by atoms with van der Waals surface area (Å²) in [4.78, 5) is 10.5. The van der Waals surface area contributed by atoms with Crippen LogP contribution in [0.1, 0.15) is 97.3 Å². The lowest BCUT2D eigenvalue weighted by Gasteiger charge is -2.26. The van der Waals surface area contributed by atoms with Gasteiger partial charge in [0.2, 0.25) is 0 Å². The summed E-state index contributed by atoms with van der Waals surface area (Å²) in [7, 11) is 0. The summed E-state index contributed by atoms with van der Waals surface area (Å²) in [6.45, 7) is 15.9. The van der Waals surface area contributed by atoms with Crippen molar-refractivity contribution in [1.82, 2.24) is 0 Å². The Morgan fingerprint density at radius 2 is 1.35 bits per heavy atom. The first-order chi connectivity index (χ1) is 14.6. The van der Waals surface area contributed by atoms with Gasteiger partial charge in [0.1, 0.15) is 0 Å². The van der Waals surface area contributed by atoms with Crippen molar-refractivity contribution >= 4 is 22.8 Å². The van der Waals surface area contributed by atoms with Gasteiger partial charge in [0.05, 0.1) is 22.8 Å². The van der Waals surface area contributed by atoms with E-state index in [2.05, 4.69) is 90.9 Å². The van der Waals surface area contributed by atoms with Gasteiger partial charge in [-0.2, -0.15) is 0 Å². The highest BCUT2D eigenvalue weighted by Crippen LogP contribution is 2.36. The molecular formula is C29H40N2. The van der Waals surface area contributed by atoms with Gasteiger partial charge in [0.15, 0.2) is 0 Å². The number of nitrogens with zero attached hydrogens (tertiary/aromatic N) is 2. The van der Waals surface area contributed by atoms with Crippen molar-refractivity contribution in [3.63, 3.8) is 0 Å². The molecule has 31 heavy (non-hydrogen) atoms. The zero-order chi connectivity index (χ0) is 22.6. The number of rotatable bonds is 4. The number of para-hydroxylation sites is 1. The Hall–Kier alpha value is -2.22. The van der Waals surface area contributed by atoms with E-state index in [1.165, 1.54) is 41.0 Å². The molecule has 0 atom stereocenters. The fourth-order valence-corrected chi connectivity index (χ4v) is 4.23. The van der Waals surface area contributed by atoms with Gasteiger partial charge in [-0.3, -0.25) is 9.98 Å². The first-order valence-electron chi connectivity index (χ1n) is 12.0. The van der Waals surface area contributed by atoms with Gasteiger partial charge in [-0.05, 0) is 71.8 Å². The van der Waals surface area contributed by atoms with Gasteiger partial charge < -0.3 is 0 Å². The number of aryl methyl sites for hydroxylation is 1. The monoisotopic (exact) mass is 416 g/mol. The molecule has 1 saturated carbocycles. The number of hydrogen-bond donors (Lipinski definition) is 0. The topological polar surface area (TPSA) is 24.7 Å². The second kappa shape index (κ2) is 9.51. The Morgan fingerprint density at radius 1 is 0.742 bits per heavy atom. The van der Waals surface area contributed by atoms with Crippen LogP contribution in [0, 0.1) is 0 Å². The normalized spacial score (nSPS) is 18.0. The predicted molar refractivity (Wildman–Crippen MR) is 137 cm³/mol. The van der Waals surface area contributed by atoms with Gasteiger partial charge in [0.25, 0.3) is 0 Å². The van der Waals surface area contributed by atoms with Gasteiger partial charge in [-0.1, -0.05) is 85.2 Å². The summed E-state index contributed by atoms with van der Waals surface area (Å²) in [6.07, 6.45) is 6.63. The average molecular weight is 417 g/mol. The summed E-state index contributed by atoms with van der Waals surface area (Å²) in [5, 5.41) is 0. The highest BCUT2D eigenvalue weighted by molar-refractivity contribution is 6.43. The van der Waals surface area contributed by atoms with Crippen molar-refractivity contribution in [2.75, 3.05) is 0 Å². The van der Waals surface area contributed by atoms with Crippen molar-refractivity contribution in [3.8, 4) is 0 Å². The Labute approximate surface area is 189 Å². The molecule has 0 N–H and O–H groups in total. The van der Waals surface area contributed by atoms with E-state index in [1.54, 1.807) is 0 Å². The van der Waals surface area contributed by atoms with Crippen molar-refractivity contribution in [2.24, 2.45) is 9.98 Å². The van der Waals surface area contributed by atoms with Crippen LogP contribution in [-0.2, 0) is 17.3 Å². The molecule has 0 bridgehead atoms. The molecule has 2 heteroatoms. The number of aliphatic imine (C=N–C) groups is 2. The van der Waals surface area contributed by atoms with E-state index in [1.807, 2.05) is 0 Å². The summed E-state index contributed by atoms with van der Waals surface area (Å²) >= 11 is 0. The highest BCUT2D eigenvalue weighted by atomic mass is 14.8. The average Bonchev–Trinajstić information content (AvgIpc) is 2.69. The largest absolute Gasteiger partial charge is 0.251 e. The molecular weight excluding hydrogens is 376 g/mol. The summed E-state index contributed by atoms with van der Waals surface area (Å²) in [5.41, 5.74) is 8.73. The van der Waals surface area contributed by atoms with E-state index in [0.717, 1.165) is 37.1 Å². The van der Waals surface area contributed by atoms with Crippen molar-refractivity contribution < 1.29 is 0 Å². The molecule has 1 aliphatic carbocycles. The zero-order valence-corrected chi connectivity index (χ0v) is 20.7. The van der Waals surface area contributed by atoms with Crippen LogP contribution in [0.3, 0.4) is 0 Å². The zero-order valence-electron chi connectivity index (χ0n) is 20.7. The Morgan fingerprint density at radius 3 is 1.94 bits per heavy atom. The summed E-state index contributed by atoms with van der Waals surface area (Å²) < 4.78 is 0. The first-order valence-corrected chi connectivity index (χ1v) is 12.0. The molecule has 0 aliphatic heterocycles. The van der Waals surface area contributed by atoms with Crippen LogP contribution in [-0.4, -0.2) is 11.4 Å². The van der Waals surface area contributed by atoms with Crippen LogP contribution in [0.2, 0.25) is 0 Å². The molecule has 1 fully saturated rings. The molecule has 0 heterocycles. The predicted octanol–water partition coefficient (Wildman–Crippen LogP) is 8.65. The van der Waals surface area contributed by atoms with Crippen LogP contribution in [0.5, 0.6) is 0 Å². The minimum absolute atomic E-state index is 0.0511. The van der Waals surface area contributed by atoms with E-state index < -0.39 is 0 Å². The standard InChI is InChI=1S/C29H40N2/c1-8-13-21-14-9-10-15-24(21)30-25-16-11-12-17-26(25)31-27-20-22(28(2,3)4)18-19-23(27)29(5,6)7/h9-10,14-15,18-20H,8,11-13,16-17H2,1-7H3/b30-25+,31-26-. The molecule has 0 saturated heterocycles. The lowest BCUT2D eigenvalue weighted by Crippen LogP contribution is -2.20. The minimum Gasteiger partial charge on any atom is -0.251 e. The molecule has 0 radical (unpaired) electrons. The smallest absolute Gasteiger partial charge is 0.0674 e. The second-order valence-corrected chi connectivity index (χ2v) is 10.9. The van der Waals surface area contributed by atoms with E-state index in [4.69, 9.17) is 9.98 Å². The molecule has 2 nitrogen and oxygen atoms in total. The van der Waals surface area contributed by atoms with E-state index in [9.17, 15) is 0 Å². The Kier molecular flexibility index (Phi) is 7.19. The lowest BCUT2D eigenvalue weighted by atomic mass is 9.81. The molecule has 3 rings (SSSR count). The maximum absolute atomic E-state index is 5.30. The van der Waals surface area contributed by atoms with Crippen LogP contribution in [0.25, 0.3) is 0 Å². The molecule has 2 aromatic carbocycles. The third kappa shape index (κ3) is 5.93. The van der Waals surface area contributed by atoms with Crippen LogP contribution in [0.4, 0.5) is 11.4 Å². The fraction of sp³-hybridized carbons (Fsp3) is 0.517. The molecule has 0 amide bonds. The van der Waals surface area contributed by atoms with Gasteiger partial charge in [-0.15, -0.1) is 0 Å². The Balaban J connectivity index is 2.10. The van der Waals surface area contributed by atoms with Gasteiger partial charge >= 0.3 is 0 Å². The van der Waals surface area contributed by atoms with E-state index in [0.29, 0.717) is 0 Å². The highest BCUT2D eigenvalue weighted by Gasteiger charge is 2.23. The molecule has 0 spiro atoms. The first kappa shape index (κ1) is 23.4. The lowest BCUT2D eigenvalue weighted by molar-refractivity contribution is 0.578. The summed E-state index contributed by atoms with van der Waals surface area (Å²) in [5.74, 6) is 0. The number of hydrogen-bond acceptors (Lipinski definition) is 2. The third-order valence-corrected chi connectivity index (χ3v) is 6.10. The van der Waals surface area contributed by atoms with Crippen LogP contribution >= 0.6 is 0 Å². The maximum Gasteiger partial charge on any atom is 0.0674 e. The third-order valence-electron chi connectivity index (χ3n) is 6.10. The van der Waals surface area contributed by atoms with Crippen molar-refractivity contribution in [2.45, 2.75) is 97.8 Å². The van der Waals surface area contributed by atoms with Crippen LogP contribution in [0.15, 0.2) is 52.4 Å². The molecule has 2 aromatic rings. The van der Waals surface area contributed by atoms with Crippen LogP contribution < -0.4 is 0 Å². The maximum atomic E-state index is 5.30. The quantitative estimate of drug-likeness (QED) is 0.476. The van der Waals surface area contributed by atoms with E-state index in [-0.39, 0.29) is 10.8 Å². The second-order valence-electron chi connectivity index (χ2n) is 10.9. The summed E-state index contributed by atoms with van der Waals surface area (Å²) in [6, 6.07) is 15.5. The minimum atomic E-state index is 0.0511. The molecule has 0 aromatic heterocycles. The van der Waals surface area contributed by atoms with Gasteiger partial charge in [0, 0.05) is 0 Å². The SMILES string of the molecule is CCCc1ccccc1/N=C1\CCCC\C1=N\c1cc(C(C)(C)C)ccc1C(C)(C)C. The van der Waals surface area contributed by atoms with Crippen molar-refractivity contribution in [1.29, 1.82) is 0 Å². The molecule has 0 unspecified atom stereocenters. The molecule has 1 aliphatic rings. The molecule has 166 valence electrons. The Bertz CT molecular complexity index is 965. The van der Waals surface area contributed by atoms with Crippen molar-refractivity contribution in [3.05, 3.63) is 59.2 Å². The number of benzene rings is 2. The fourth-order valence-electron chi connectivity index (χ4n) is 4.23. The van der Waals surface area contributed by atoms with Gasteiger partial charge in [-0.25, -0.2) is 0 Å². The van der Waals surface area contributed by atoms with E-state index >= 15 is 0 Å².